The van der Waals surface area contributed by atoms with Crippen molar-refractivity contribution < 1.29 is 14.4 Å². The van der Waals surface area contributed by atoms with Crippen LogP contribution in [0.25, 0.3) is 0 Å². The number of nitrogens with one attached hydrogen (secondary N) is 2. The molecule has 0 radical (unpaired) electrons. The summed E-state index contributed by atoms with van der Waals surface area (Å²) >= 11 is 0. The Labute approximate surface area is 112 Å². The second kappa shape index (κ2) is 6.06. The van der Waals surface area contributed by atoms with Crippen LogP contribution in [0.4, 0.5) is 10.5 Å². The molecule has 1 aromatic rings. The molecule has 1 aliphatic carbocycles. The summed E-state index contributed by atoms with van der Waals surface area (Å²) in [6, 6.07) is -0.101. The van der Waals surface area contributed by atoms with Crippen molar-refractivity contribution in [1.29, 1.82) is 0 Å². The maximum Gasteiger partial charge on any atom is 0.319 e. The predicted octanol–water partition coefficient (Wildman–Crippen LogP) is 1.97. The third-order valence-corrected chi connectivity index (χ3v) is 3.54. The first kappa shape index (κ1) is 13.9. The zero-order valence-corrected chi connectivity index (χ0v) is 11.4. The summed E-state index contributed by atoms with van der Waals surface area (Å²) in [6.07, 6.45) is 3.63. The molecule has 0 aromatic carbocycles. The van der Waals surface area contributed by atoms with E-state index < -0.39 is 0 Å². The number of nitrogens with zero attached hydrogens (tertiary/aromatic N) is 1. The van der Waals surface area contributed by atoms with Gasteiger partial charge >= 0.3 is 6.03 Å². The zero-order valence-electron chi connectivity index (χ0n) is 11.4. The van der Waals surface area contributed by atoms with E-state index in [1.54, 1.807) is 6.92 Å². The molecule has 1 aromatic heterocycles. The van der Waals surface area contributed by atoms with Crippen LogP contribution < -0.4 is 10.6 Å². The number of urea groups is 1. The number of aliphatic hydroxyl groups excluding tert-OH is 1. The normalized spacial score (nSPS) is 23.1. The van der Waals surface area contributed by atoms with Crippen molar-refractivity contribution in [2.45, 2.75) is 58.1 Å². The van der Waals surface area contributed by atoms with Crippen molar-refractivity contribution in [3.8, 4) is 0 Å². The average molecular weight is 267 g/mol. The van der Waals surface area contributed by atoms with E-state index in [1.807, 2.05) is 6.92 Å². The van der Waals surface area contributed by atoms with E-state index in [4.69, 9.17) is 4.52 Å². The molecule has 0 aliphatic heterocycles. The highest BCUT2D eigenvalue weighted by molar-refractivity contribution is 5.90. The molecule has 1 fully saturated rings. The highest BCUT2D eigenvalue weighted by Crippen LogP contribution is 2.21. The number of aryl methyl sites for hydroxylation is 2. The minimum absolute atomic E-state index is 0.133. The Hall–Kier alpha value is -1.56. The molecule has 0 bridgehead atoms. The largest absolute Gasteiger partial charge is 0.393 e. The molecule has 3 N–H and O–H groups in total. The first-order valence-electron chi connectivity index (χ1n) is 6.80. The fraction of sp³-hybridized carbons (Fsp3) is 0.692. The molecule has 1 heterocycles. The van der Waals surface area contributed by atoms with Crippen LogP contribution in [-0.2, 0) is 6.42 Å². The highest BCUT2D eigenvalue weighted by Gasteiger charge is 2.21. The second-order valence-electron chi connectivity index (χ2n) is 5.02. The van der Waals surface area contributed by atoms with Gasteiger partial charge in [-0.3, -0.25) is 0 Å². The lowest BCUT2D eigenvalue weighted by Crippen LogP contribution is -2.41. The molecule has 6 nitrogen and oxygen atoms in total. The minimum Gasteiger partial charge on any atom is -0.393 e. The molecule has 0 atom stereocenters. The summed E-state index contributed by atoms with van der Waals surface area (Å²) in [6.45, 7) is 3.74. The van der Waals surface area contributed by atoms with Gasteiger partial charge in [0.25, 0.3) is 0 Å². The van der Waals surface area contributed by atoms with Crippen LogP contribution in [0.15, 0.2) is 4.52 Å². The Balaban J connectivity index is 1.89. The van der Waals surface area contributed by atoms with Crippen molar-refractivity contribution >= 4 is 11.7 Å². The second-order valence-corrected chi connectivity index (χ2v) is 5.02. The quantitative estimate of drug-likeness (QED) is 0.781. The number of amides is 2. The summed E-state index contributed by atoms with van der Waals surface area (Å²) in [5, 5.41) is 19.0. The molecule has 1 aliphatic rings. The predicted molar refractivity (Wildman–Crippen MR) is 71.0 cm³/mol. The topological polar surface area (TPSA) is 87.4 Å². The third-order valence-electron chi connectivity index (χ3n) is 3.54. The van der Waals surface area contributed by atoms with Crippen LogP contribution in [0.1, 0.15) is 44.1 Å². The van der Waals surface area contributed by atoms with E-state index in [0.29, 0.717) is 17.9 Å². The van der Waals surface area contributed by atoms with Crippen molar-refractivity contribution in [3.63, 3.8) is 0 Å². The first-order chi connectivity index (χ1) is 9.10. The maximum absolute atomic E-state index is 11.9. The Morgan fingerprint density at radius 1 is 1.42 bits per heavy atom. The van der Waals surface area contributed by atoms with Gasteiger partial charge < -0.3 is 20.3 Å². The number of aromatic nitrogens is 1. The lowest BCUT2D eigenvalue weighted by molar-refractivity contribution is 0.118. The van der Waals surface area contributed by atoms with Gasteiger partial charge in [0.1, 0.15) is 11.4 Å². The Bertz CT molecular complexity index is 436. The summed E-state index contributed by atoms with van der Waals surface area (Å²) < 4.78 is 5.07. The van der Waals surface area contributed by atoms with E-state index in [0.717, 1.165) is 31.4 Å². The van der Waals surface area contributed by atoms with Gasteiger partial charge in [-0.25, -0.2) is 4.79 Å². The summed E-state index contributed by atoms with van der Waals surface area (Å²) in [5.74, 6) is 0.617. The fourth-order valence-corrected chi connectivity index (χ4v) is 2.37. The molecule has 19 heavy (non-hydrogen) atoms. The Morgan fingerprint density at radius 3 is 2.74 bits per heavy atom. The average Bonchev–Trinajstić information content (AvgIpc) is 2.73. The summed E-state index contributed by atoms with van der Waals surface area (Å²) in [5.41, 5.74) is 1.42. The van der Waals surface area contributed by atoms with Gasteiger partial charge in [-0.2, -0.15) is 0 Å². The molecule has 2 amide bonds. The molecule has 0 saturated heterocycles. The summed E-state index contributed by atoms with van der Waals surface area (Å²) in [7, 11) is 0. The lowest BCUT2D eigenvalue weighted by Gasteiger charge is -2.26. The Kier molecular flexibility index (Phi) is 4.42. The number of aliphatic hydroxyl groups is 1. The number of carbonyl (C=O) groups excluding carboxylic acids is 1. The molecule has 2 rings (SSSR count). The smallest absolute Gasteiger partial charge is 0.319 e. The van der Waals surface area contributed by atoms with E-state index >= 15 is 0 Å². The minimum atomic E-state index is -0.234. The van der Waals surface area contributed by atoms with Crippen LogP contribution >= 0.6 is 0 Å². The molecule has 0 spiro atoms. The molecule has 1 saturated carbocycles. The standard InChI is InChI=1S/C13H21N3O3/c1-3-11-12(8(2)19-16-11)15-13(18)14-9-4-6-10(17)7-5-9/h9-10,17H,3-7H2,1-2H3,(H2,14,15,18). The Morgan fingerprint density at radius 2 is 2.11 bits per heavy atom. The number of carbonyl (C=O) groups is 1. The van der Waals surface area contributed by atoms with Gasteiger partial charge in [0.2, 0.25) is 0 Å². The molecule has 0 unspecified atom stereocenters. The summed E-state index contributed by atoms with van der Waals surface area (Å²) in [4.78, 5) is 11.9. The van der Waals surface area contributed by atoms with E-state index in [2.05, 4.69) is 15.8 Å². The maximum atomic E-state index is 11.9. The van der Waals surface area contributed by atoms with Crippen LogP contribution in [0.2, 0.25) is 0 Å². The molecule has 106 valence electrons. The molecular weight excluding hydrogens is 246 g/mol. The van der Waals surface area contributed by atoms with E-state index in [1.165, 1.54) is 0 Å². The van der Waals surface area contributed by atoms with Crippen LogP contribution in [0, 0.1) is 6.92 Å². The van der Waals surface area contributed by atoms with Crippen molar-refractivity contribution in [2.75, 3.05) is 5.32 Å². The van der Waals surface area contributed by atoms with Gasteiger partial charge in [-0.05, 0) is 39.0 Å². The SMILES string of the molecule is CCc1noc(C)c1NC(=O)NC1CCC(O)CC1. The van der Waals surface area contributed by atoms with Crippen molar-refractivity contribution in [2.24, 2.45) is 0 Å². The monoisotopic (exact) mass is 267 g/mol. The highest BCUT2D eigenvalue weighted by atomic mass is 16.5. The number of hydrogen-bond donors (Lipinski definition) is 3. The van der Waals surface area contributed by atoms with E-state index in [9.17, 15) is 9.90 Å². The van der Waals surface area contributed by atoms with Gasteiger partial charge in [-0.15, -0.1) is 0 Å². The van der Waals surface area contributed by atoms with Crippen molar-refractivity contribution in [1.82, 2.24) is 10.5 Å². The van der Waals surface area contributed by atoms with Crippen LogP contribution in [0.3, 0.4) is 0 Å². The first-order valence-corrected chi connectivity index (χ1v) is 6.80. The number of anilines is 1. The number of rotatable bonds is 3. The lowest BCUT2D eigenvalue weighted by atomic mass is 9.93. The molecular formula is C13H21N3O3. The zero-order chi connectivity index (χ0) is 13.8. The van der Waals surface area contributed by atoms with Crippen LogP contribution in [-0.4, -0.2) is 28.4 Å². The number of hydrogen-bond acceptors (Lipinski definition) is 4. The fourth-order valence-electron chi connectivity index (χ4n) is 2.37. The van der Waals surface area contributed by atoms with Crippen LogP contribution in [0.5, 0.6) is 0 Å². The van der Waals surface area contributed by atoms with Gasteiger partial charge in [0.05, 0.1) is 6.10 Å². The van der Waals surface area contributed by atoms with Gasteiger partial charge in [0, 0.05) is 6.04 Å². The third kappa shape index (κ3) is 3.47. The van der Waals surface area contributed by atoms with Gasteiger partial charge in [0.15, 0.2) is 5.76 Å². The van der Waals surface area contributed by atoms with Gasteiger partial charge in [-0.1, -0.05) is 12.1 Å². The molecule has 6 heteroatoms. The van der Waals surface area contributed by atoms with E-state index in [-0.39, 0.29) is 18.2 Å². The van der Waals surface area contributed by atoms with Crippen molar-refractivity contribution in [3.05, 3.63) is 11.5 Å².